The van der Waals surface area contributed by atoms with Crippen LogP contribution in [-0.2, 0) is 16.1 Å². The van der Waals surface area contributed by atoms with Crippen molar-refractivity contribution in [2.24, 2.45) is 0 Å². The van der Waals surface area contributed by atoms with Gasteiger partial charge in [-0.25, -0.2) is 0 Å². The van der Waals surface area contributed by atoms with Gasteiger partial charge in [0.2, 0.25) is 5.91 Å². The minimum atomic E-state index is -0.296. The number of hydrogen-bond acceptors (Lipinski definition) is 3. The Balaban J connectivity index is 1.67. The summed E-state index contributed by atoms with van der Waals surface area (Å²) in [5.74, 6) is -0.00726. The molecule has 25 heavy (non-hydrogen) atoms. The lowest BCUT2D eigenvalue weighted by atomic mass is 10.2. The van der Waals surface area contributed by atoms with Crippen molar-refractivity contribution in [2.45, 2.75) is 6.54 Å². The van der Waals surface area contributed by atoms with E-state index < -0.39 is 0 Å². The minimum Gasteiger partial charge on any atom is -0.482 e. The fraction of sp³-hybridized carbons (Fsp3) is 0.176. The summed E-state index contributed by atoms with van der Waals surface area (Å²) in [5, 5.41) is 3.77. The van der Waals surface area contributed by atoms with Crippen LogP contribution in [0.25, 0.3) is 0 Å². The second-order valence-corrected chi connectivity index (χ2v) is 7.15. The number of anilines is 1. The number of nitrogens with one attached hydrogen (secondary N) is 1. The molecule has 0 atom stereocenters. The van der Waals surface area contributed by atoms with Gasteiger partial charge in [0, 0.05) is 21.1 Å². The van der Waals surface area contributed by atoms with Gasteiger partial charge in [-0.15, -0.1) is 0 Å². The Morgan fingerprint density at radius 1 is 1.24 bits per heavy atom. The van der Waals surface area contributed by atoms with Gasteiger partial charge < -0.3 is 10.1 Å². The molecule has 0 saturated heterocycles. The number of rotatable bonds is 4. The van der Waals surface area contributed by atoms with Gasteiger partial charge in [0.05, 0.1) is 5.69 Å². The van der Waals surface area contributed by atoms with Crippen LogP contribution < -0.4 is 15.0 Å². The molecule has 5 nitrogen and oxygen atoms in total. The van der Waals surface area contributed by atoms with Gasteiger partial charge in [0.25, 0.3) is 5.91 Å². The third-order valence-corrected chi connectivity index (χ3v) is 4.74. The number of amides is 2. The number of halogens is 3. The van der Waals surface area contributed by atoms with E-state index in [0.717, 1.165) is 10.0 Å². The van der Waals surface area contributed by atoms with Gasteiger partial charge in [-0.05, 0) is 35.9 Å². The van der Waals surface area contributed by atoms with E-state index in [1.54, 1.807) is 36.4 Å². The van der Waals surface area contributed by atoms with Crippen molar-refractivity contribution in [1.82, 2.24) is 5.32 Å². The number of nitrogens with zero attached hydrogens (tertiary/aromatic N) is 1. The van der Waals surface area contributed by atoms with Crippen LogP contribution in [0.4, 0.5) is 5.69 Å². The summed E-state index contributed by atoms with van der Waals surface area (Å²) in [6.45, 7) is 0.0579. The Morgan fingerprint density at radius 2 is 2.04 bits per heavy atom. The Labute approximate surface area is 163 Å². The average Bonchev–Trinajstić information content (AvgIpc) is 2.56. The van der Waals surface area contributed by atoms with Crippen molar-refractivity contribution in [3.8, 4) is 5.75 Å². The van der Waals surface area contributed by atoms with E-state index in [-0.39, 0.29) is 31.5 Å². The Kier molecular flexibility index (Phi) is 5.51. The first-order valence-corrected chi connectivity index (χ1v) is 8.92. The van der Waals surface area contributed by atoms with E-state index in [2.05, 4.69) is 21.2 Å². The molecule has 3 rings (SSSR count). The third-order valence-electron chi connectivity index (χ3n) is 3.66. The van der Waals surface area contributed by atoms with E-state index >= 15 is 0 Å². The molecule has 0 bridgehead atoms. The number of benzene rings is 2. The number of fused-ring (bicyclic) bond motifs is 1. The molecule has 0 saturated carbocycles. The molecule has 0 aliphatic carbocycles. The van der Waals surface area contributed by atoms with Gasteiger partial charge in [0.15, 0.2) is 6.61 Å². The summed E-state index contributed by atoms with van der Waals surface area (Å²) in [4.78, 5) is 25.8. The van der Waals surface area contributed by atoms with Gasteiger partial charge in [0.1, 0.15) is 12.3 Å². The van der Waals surface area contributed by atoms with Crippen molar-refractivity contribution >= 4 is 56.6 Å². The van der Waals surface area contributed by atoms with Gasteiger partial charge in [-0.3, -0.25) is 14.5 Å². The quantitative estimate of drug-likeness (QED) is 0.781. The molecule has 130 valence electrons. The van der Waals surface area contributed by atoms with Crippen LogP contribution in [0.15, 0.2) is 40.9 Å². The van der Waals surface area contributed by atoms with Crippen molar-refractivity contribution < 1.29 is 14.3 Å². The summed E-state index contributed by atoms with van der Waals surface area (Å²) in [7, 11) is 0. The third kappa shape index (κ3) is 4.26. The number of hydrogen-bond donors (Lipinski definition) is 1. The summed E-state index contributed by atoms with van der Waals surface area (Å²) in [6.07, 6.45) is 0. The highest BCUT2D eigenvalue weighted by Gasteiger charge is 2.27. The molecule has 0 fully saturated rings. The van der Waals surface area contributed by atoms with Gasteiger partial charge in [-0.1, -0.05) is 45.2 Å². The lowest BCUT2D eigenvalue weighted by Gasteiger charge is -2.29. The van der Waals surface area contributed by atoms with Crippen molar-refractivity contribution in [1.29, 1.82) is 0 Å². The zero-order valence-electron chi connectivity index (χ0n) is 12.9. The van der Waals surface area contributed by atoms with Crippen LogP contribution in [0, 0.1) is 0 Å². The lowest BCUT2D eigenvalue weighted by molar-refractivity contribution is -0.125. The maximum atomic E-state index is 12.3. The smallest absolute Gasteiger partial charge is 0.265 e. The van der Waals surface area contributed by atoms with E-state index in [1.807, 2.05) is 0 Å². The van der Waals surface area contributed by atoms with Crippen LogP contribution in [-0.4, -0.2) is 25.0 Å². The summed E-state index contributed by atoms with van der Waals surface area (Å²) >= 11 is 15.3. The van der Waals surface area contributed by atoms with Crippen LogP contribution in [0.2, 0.25) is 10.0 Å². The Morgan fingerprint density at radius 3 is 2.80 bits per heavy atom. The molecule has 2 aromatic rings. The maximum Gasteiger partial charge on any atom is 0.265 e. The zero-order valence-corrected chi connectivity index (χ0v) is 16.0. The zero-order chi connectivity index (χ0) is 18.0. The highest BCUT2D eigenvalue weighted by Crippen LogP contribution is 2.34. The van der Waals surface area contributed by atoms with E-state index in [0.29, 0.717) is 21.5 Å². The molecular weight excluding hydrogens is 431 g/mol. The lowest BCUT2D eigenvalue weighted by Crippen LogP contribution is -2.45. The van der Waals surface area contributed by atoms with E-state index in [4.69, 9.17) is 27.9 Å². The fourth-order valence-corrected chi connectivity index (χ4v) is 3.23. The Hall–Kier alpha value is -1.76. The molecule has 0 aromatic heterocycles. The highest BCUT2D eigenvalue weighted by atomic mass is 79.9. The molecule has 1 aliphatic heterocycles. The highest BCUT2D eigenvalue weighted by molar-refractivity contribution is 9.10. The normalized spacial score (nSPS) is 13.2. The second kappa shape index (κ2) is 7.64. The van der Waals surface area contributed by atoms with E-state index in [9.17, 15) is 9.59 Å². The predicted molar refractivity (Wildman–Crippen MR) is 100 cm³/mol. The van der Waals surface area contributed by atoms with Crippen molar-refractivity contribution in [3.05, 3.63) is 56.5 Å². The minimum absolute atomic E-state index is 0.0952. The monoisotopic (exact) mass is 442 g/mol. The van der Waals surface area contributed by atoms with Gasteiger partial charge in [-0.2, -0.15) is 0 Å². The molecule has 0 spiro atoms. The first-order valence-electron chi connectivity index (χ1n) is 7.37. The largest absolute Gasteiger partial charge is 0.482 e. The van der Waals surface area contributed by atoms with E-state index in [1.165, 1.54) is 4.90 Å². The molecule has 2 amide bonds. The predicted octanol–water partition coefficient (Wildman–Crippen LogP) is 3.80. The molecule has 2 aromatic carbocycles. The molecule has 8 heteroatoms. The SMILES string of the molecule is O=C(CN1C(=O)COc2cc(Br)ccc21)NCc1ccc(Cl)cc1Cl. The number of carbonyl (C=O) groups is 2. The van der Waals surface area contributed by atoms with Crippen LogP contribution >= 0.6 is 39.1 Å². The summed E-state index contributed by atoms with van der Waals surface area (Å²) < 4.78 is 6.24. The average molecular weight is 444 g/mol. The summed E-state index contributed by atoms with van der Waals surface area (Å²) in [6, 6.07) is 10.4. The molecule has 1 N–H and O–H groups in total. The maximum absolute atomic E-state index is 12.3. The molecule has 1 heterocycles. The Bertz CT molecular complexity index is 845. The summed E-state index contributed by atoms with van der Waals surface area (Å²) in [5.41, 5.74) is 1.32. The van der Waals surface area contributed by atoms with Gasteiger partial charge >= 0.3 is 0 Å². The van der Waals surface area contributed by atoms with Crippen molar-refractivity contribution in [2.75, 3.05) is 18.1 Å². The molecule has 1 aliphatic rings. The molecule has 0 radical (unpaired) electrons. The first kappa shape index (κ1) is 18.0. The first-order chi connectivity index (χ1) is 11.9. The topological polar surface area (TPSA) is 58.6 Å². The van der Waals surface area contributed by atoms with Crippen LogP contribution in [0.1, 0.15) is 5.56 Å². The molecular formula is C17H13BrCl2N2O3. The number of ether oxygens (including phenoxy) is 1. The standard InChI is InChI=1S/C17H13BrCl2N2O3/c18-11-2-4-14-15(5-11)25-9-17(24)22(14)8-16(23)21-7-10-1-3-12(19)6-13(10)20/h1-6H,7-9H2,(H,21,23). The van der Waals surface area contributed by atoms with Crippen LogP contribution in [0.5, 0.6) is 5.75 Å². The second-order valence-electron chi connectivity index (χ2n) is 5.39. The molecule has 0 unspecified atom stereocenters. The van der Waals surface area contributed by atoms with Crippen LogP contribution in [0.3, 0.4) is 0 Å². The fourth-order valence-electron chi connectivity index (χ4n) is 2.41. The van der Waals surface area contributed by atoms with Crippen molar-refractivity contribution in [3.63, 3.8) is 0 Å². The number of carbonyl (C=O) groups excluding carboxylic acids is 2.